The van der Waals surface area contributed by atoms with Crippen LogP contribution in [0.3, 0.4) is 0 Å². The van der Waals surface area contributed by atoms with Gasteiger partial charge in [0.15, 0.2) is 0 Å². The van der Waals surface area contributed by atoms with Crippen molar-refractivity contribution in [1.29, 1.82) is 0 Å². The molecule has 0 spiro atoms. The van der Waals surface area contributed by atoms with E-state index < -0.39 is 17.6 Å². The molecule has 1 aliphatic heterocycles. The van der Waals surface area contributed by atoms with Crippen LogP contribution in [0.1, 0.15) is 39.1 Å². The lowest BCUT2D eigenvalue weighted by Crippen LogP contribution is -2.18. The summed E-state index contributed by atoms with van der Waals surface area (Å²) in [6, 6.07) is 12.3. The molecular formula is C27H25Cl3FN5O3. The summed E-state index contributed by atoms with van der Waals surface area (Å²) in [6.45, 7) is 3.08. The maximum Gasteiger partial charge on any atom is 0.260 e. The third-order valence-corrected chi connectivity index (χ3v) is 7.04. The fourth-order valence-electron chi connectivity index (χ4n) is 4.30. The molecule has 0 aliphatic carbocycles. The average Bonchev–Trinajstić information content (AvgIpc) is 3.54. The number of nitrogens with zero attached hydrogens (tertiary/aromatic N) is 1. The number of anilines is 3. The van der Waals surface area contributed by atoms with Gasteiger partial charge in [-0.25, -0.2) is 9.37 Å². The predicted octanol–water partition coefficient (Wildman–Crippen LogP) is 6.83. The zero-order valence-corrected chi connectivity index (χ0v) is 23.1. The molecule has 1 atom stereocenters. The van der Waals surface area contributed by atoms with Crippen LogP contribution in [0, 0.1) is 12.7 Å². The van der Waals surface area contributed by atoms with E-state index in [9.17, 15) is 14.0 Å². The highest BCUT2D eigenvalue weighted by Gasteiger charge is 2.21. The van der Waals surface area contributed by atoms with Crippen molar-refractivity contribution in [1.82, 2.24) is 9.97 Å². The Balaban J connectivity index is 0.00000353. The van der Waals surface area contributed by atoms with Gasteiger partial charge in [-0.3, -0.25) is 9.59 Å². The summed E-state index contributed by atoms with van der Waals surface area (Å²) in [6.07, 6.45) is 2.04. The number of hydrogen-bond donors (Lipinski definition) is 4. The van der Waals surface area contributed by atoms with Gasteiger partial charge < -0.3 is 25.7 Å². The Hall–Kier alpha value is -3.37. The molecule has 12 heteroatoms. The molecule has 204 valence electrons. The largest absolute Gasteiger partial charge is 0.376 e. The van der Waals surface area contributed by atoms with E-state index in [1.54, 1.807) is 31.2 Å². The van der Waals surface area contributed by atoms with Crippen LogP contribution in [0.5, 0.6) is 0 Å². The van der Waals surface area contributed by atoms with Gasteiger partial charge in [0.1, 0.15) is 11.3 Å². The van der Waals surface area contributed by atoms with Crippen LogP contribution >= 0.6 is 35.6 Å². The Kier molecular flexibility index (Phi) is 8.97. The first kappa shape index (κ1) is 28.6. The molecule has 5 rings (SSSR count). The summed E-state index contributed by atoms with van der Waals surface area (Å²) in [4.78, 5) is 34.1. The average molecular weight is 593 g/mol. The van der Waals surface area contributed by atoms with Crippen LogP contribution in [-0.4, -0.2) is 41.0 Å². The number of carbonyl (C=O) groups excluding carboxylic acids is 2. The maximum absolute atomic E-state index is 14.3. The van der Waals surface area contributed by atoms with Crippen molar-refractivity contribution in [3.8, 4) is 0 Å². The van der Waals surface area contributed by atoms with Crippen LogP contribution in [0.25, 0.3) is 11.0 Å². The summed E-state index contributed by atoms with van der Waals surface area (Å²) in [5.41, 5.74) is 2.28. The molecule has 2 amide bonds. The number of amides is 2. The molecule has 0 unspecified atom stereocenters. The monoisotopic (exact) mass is 591 g/mol. The van der Waals surface area contributed by atoms with E-state index in [1.165, 1.54) is 18.2 Å². The molecule has 0 radical (unpaired) electrons. The van der Waals surface area contributed by atoms with E-state index in [-0.39, 0.29) is 40.3 Å². The molecule has 1 fully saturated rings. The van der Waals surface area contributed by atoms with Crippen LogP contribution < -0.4 is 16.0 Å². The summed E-state index contributed by atoms with van der Waals surface area (Å²) in [5.74, 6) is -1.52. The number of carbonyl (C=O) groups is 2. The van der Waals surface area contributed by atoms with E-state index in [0.717, 1.165) is 25.5 Å². The van der Waals surface area contributed by atoms with Crippen LogP contribution in [0.4, 0.5) is 21.7 Å². The van der Waals surface area contributed by atoms with Gasteiger partial charge in [-0.05, 0) is 61.7 Å². The second-order valence-corrected chi connectivity index (χ2v) is 9.75. The van der Waals surface area contributed by atoms with Gasteiger partial charge in [0, 0.05) is 29.5 Å². The molecule has 1 aromatic heterocycles. The van der Waals surface area contributed by atoms with E-state index in [0.29, 0.717) is 39.8 Å². The number of hydrogen-bond acceptors (Lipinski definition) is 5. The smallest absolute Gasteiger partial charge is 0.260 e. The molecule has 0 saturated carbocycles. The number of nitrogens with one attached hydrogen (secondary N) is 4. The zero-order chi connectivity index (χ0) is 26.8. The molecule has 39 heavy (non-hydrogen) atoms. The van der Waals surface area contributed by atoms with Gasteiger partial charge >= 0.3 is 0 Å². The summed E-state index contributed by atoms with van der Waals surface area (Å²) in [7, 11) is 0. The second kappa shape index (κ2) is 12.2. The first-order valence-electron chi connectivity index (χ1n) is 12.0. The number of rotatable bonds is 7. The molecule has 2 heterocycles. The number of benzene rings is 3. The maximum atomic E-state index is 14.3. The molecule has 8 nitrogen and oxygen atoms in total. The highest BCUT2D eigenvalue weighted by molar-refractivity contribution is 6.34. The highest BCUT2D eigenvalue weighted by atomic mass is 35.5. The zero-order valence-electron chi connectivity index (χ0n) is 20.7. The van der Waals surface area contributed by atoms with Crippen molar-refractivity contribution in [3.63, 3.8) is 0 Å². The molecule has 1 saturated heterocycles. The van der Waals surface area contributed by atoms with E-state index in [1.807, 2.05) is 0 Å². The fraction of sp³-hybridized carbons (Fsp3) is 0.222. The number of imidazole rings is 1. The van der Waals surface area contributed by atoms with Crippen LogP contribution in [-0.2, 0) is 4.74 Å². The highest BCUT2D eigenvalue weighted by Crippen LogP contribution is 2.29. The van der Waals surface area contributed by atoms with Gasteiger partial charge in [-0.1, -0.05) is 35.3 Å². The standard InChI is InChI=1S/C27H24Cl2FN5O3.ClH/c1-14-18(28)6-3-9-21(14)33-25(36)17-11-15(32-26(37)23-19(29)7-2-8-20(23)30)12-22-24(17)35-27(34-22)31-13-16-5-4-10-38-16;/h2-3,6-9,11-12,16H,4-5,10,13H2,1H3,(H,32,37)(H,33,36)(H2,31,34,35);1H/t16-;/m0./s1. The number of aromatic amines is 1. The number of fused-ring (bicyclic) bond motifs is 1. The van der Waals surface area contributed by atoms with Gasteiger partial charge in [-0.2, -0.15) is 0 Å². The van der Waals surface area contributed by atoms with Crippen molar-refractivity contribution < 1.29 is 18.7 Å². The van der Waals surface area contributed by atoms with Crippen molar-refractivity contribution in [2.24, 2.45) is 0 Å². The molecule has 0 bridgehead atoms. The van der Waals surface area contributed by atoms with Gasteiger partial charge in [0.25, 0.3) is 11.8 Å². The molecular weight excluding hydrogens is 568 g/mol. The Morgan fingerprint density at radius 3 is 2.62 bits per heavy atom. The van der Waals surface area contributed by atoms with Crippen LogP contribution in [0.2, 0.25) is 10.0 Å². The predicted molar refractivity (Wildman–Crippen MR) is 154 cm³/mol. The summed E-state index contributed by atoms with van der Waals surface area (Å²) < 4.78 is 20.0. The molecule has 1 aliphatic rings. The Labute approximate surface area is 240 Å². The van der Waals surface area contributed by atoms with E-state index >= 15 is 0 Å². The fourth-order valence-corrected chi connectivity index (χ4v) is 4.73. The summed E-state index contributed by atoms with van der Waals surface area (Å²) >= 11 is 12.3. The van der Waals surface area contributed by atoms with Gasteiger partial charge in [0.2, 0.25) is 5.95 Å². The lowest BCUT2D eigenvalue weighted by Gasteiger charge is -2.12. The Morgan fingerprint density at radius 2 is 1.87 bits per heavy atom. The lowest BCUT2D eigenvalue weighted by atomic mass is 10.1. The van der Waals surface area contributed by atoms with Crippen molar-refractivity contribution in [2.75, 3.05) is 29.1 Å². The first-order chi connectivity index (χ1) is 18.3. The minimum absolute atomic E-state index is 0. The minimum Gasteiger partial charge on any atom is -0.376 e. The first-order valence-corrected chi connectivity index (χ1v) is 12.8. The third kappa shape index (κ3) is 6.28. The summed E-state index contributed by atoms with van der Waals surface area (Å²) in [5, 5.41) is 9.21. The molecule has 3 aromatic carbocycles. The second-order valence-electron chi connectivity index (χ2n) is 8.94. The molecule has 4 N–H and O–H groups in total. The number of ether oxygens (including phenoxy) is 1. The van der Waals surface area contributed by atoms with E-state index in [2.05, 4.69) is 25.9 Å². The molecule has 4 aromatic rings. The van der Waals surface area contributed by atoms with E-state index in [4.69, 9.17) is 27.9 Å². The van der Waals surface area contributed by atoms with Gasteiger partial charge in [-0.15, -0.1) is 12.4 Å². The number of halogens is 4. The number of H-pyrrole nitrogens is 1. The SMILES string of the molecule is Cc1c(Cl)cccc1NC(=O)c1cc(NC(=O)c2c(F)cccc2Cl)cc2[nH]c(NC[C@@H]3CCCO3)nc12.Cl. The minimum atomic E-state index is -0.757. The van der Waals surface area contributed by atoms with Crippen molar-refractivity contribution in [3.05, 3.63) is 81.1 Å². The topological polar surface area (TPSA) is 108 Å². The van der Waals surface area contributed by atoms with Gasteiger partial charge in [0.05, 0.1) is 27.8 Å². The lowest BCUT2D eigenvalue weighted by molar-refractivity contribution is 0.101. The van der Waals surface area contributed by atoms with Crippen molar-refractivity contribution in [2.45, 2.75) is 25.9 Å². The normalized spacial score (nSPS) is 14.6. The van der Waals surface area contributed by atoms with Crippen LogP contribution in [0.15, 0.2) is 48.5 Å². The Morgan fingerprint density at radius 1 is 1.10 bits per heavy atom. The number of aromatic nitrogens is 2. The third-order valence-electron chi connectivity index (χ3n) is 6.32. The Bertz CT molecular complexity index is 1520. The van der Waals surface area contributed by atoms with Crippen molar-refractivity contribution >= 4 is 75.8 Å². The quantitative estimate of drug-likeness (QED) is 0.188.